The van der Waals surface area contributed by atoms with Crippen LogP contribution in [-0.2, 0) is 0 Å². The number of amides is 1. The third-order valence-corrected chi connectivity index (χ3v) is 3.69. The number of H-pyrrole nitrogens is 2. The van der Waals surface area contributed by atoms with E-state index in [0.29, 0.717) is 17.1 Å². The van der Waals surface area contributed by atoms with E-state index in [9.17, 15) is 9.59 Å². The van der Waals surface area contributed by atoms with Crippen LogP contribution in [-0.4, -0.2) is 35.7 Å². The van der Waals surface area contributed by atoms with E-state index in [2.05, 4.69) is 30.7 Å². The van der Waals surface area contributed by atoms with E-state index in [1.54, 1.807) is 30.5 Å². The number of aromatic nitrogens is 6. The quantitative estimate of drug-likeness (QED) is 0.522. The average molecular weight is 335 g/mol. The summed E-state index contributed by atoms with van der Waals surface area (Å²) in [6.45, 7) is 1.83. The minimum Gasteiger partial charge on any atom is -0.322 e. The SMILES string of the molecule is Cc1nc(-c2ccc(NC(=O)c3cccn4c(=O)[nH]nc34)cc2)n[nH]1. The fourth-order valence-electron chi connectivity index (χ4n) is 2.48. The summed E-state index contributed by atoms with van der Waals surface area (Å²) in [5.41, 5.74) is 1.63. The molecular formula is C16H13N7O2. The summed E-state index contributed by atoms with van der Waals surface area (Å²) in [6, 6.07) is 10.4. The second-order valence-corrected chi connectivity index (χ2v) is 5.42. The molecule has 4 aromatic rings. The van der Waals surface area contributed by atoms with Crippen molar-refractivity contribution in [1.82, 2.24) is 29.8 Å². The van der Waals surface area contributed by atoms with E-state index in [1.807, 2.05) is 19.1 Å². The van der Waals surface area contributed by atoms with Crippen molar-refractivity contribution in [1.29, 1.82) is 0 Å². The lowest BCUT2D eigenvalue weighted by molar-refractivity contribution is 0.102. The van der Waals surface area contributed by atoms with E-state index < -0.39 is 5.69 Å². The lowest BCUT2D eigenvalue weighted by atomic mass is 10.2. The summed E-state index contributed by atoms with van der Waals surface area (Å²) in [7, 11) is 0. The predicted molar refractivity (Wildman–Crippen MR) is 90.3 cm³/mol. The fourth-order valence-corrected chi connectivity index (χ4v) is 2.48. The van der Waals surface area contributed by atoms with Gasteiger partial charge in [-0.2, -0.15) is 10.2 Å². The summed E-state index contributed by atoms with van der Waals surface area (Å²) in [4.78, 5) is 28.3. The monoisotopic (exact) mass is 335 g/mol. The first-order valence-electron chi connectivity index (χ1n) is 7.48. The second-order valence-electron chi connectivity index (χ2n) is 5.42. The highest BCUT2D eigenvalue weighted by atomic mass is 16.2. The predicted octanol–water partition coefficient (Wildman–Crippen LogP) is 1.37. The Morgan fingerprint density at radius 2 is 1.92 bits per heavy atom. The molecule has 124 valence electrons. The van der Waals surface area contributed by atoms with Gasteiger partial charge in [-0.25, -0.2) is 19.3 Å². The molecular weight excluding hydrogens is 322 g/mol. The minimum atomic E-state index is -0.393. The molecule has 1 aromatic carbocycles. The van der Waals surface area contributed by atoms with Crippen molar-refractivity contribution in [3.8, 4) is 11.4 Å². The van der Waals surface area contributed by atoms with Gasteiger partial charge < -0.3 is 5.32 Å². The molecule has 1 amide bonds. The summed E-state index contributed by atoms with van der Waals surface area (Å²) in [6.07, 6.45) is 1.55. The molecule has 0 unspecified atom stereocenters. The van der Waals surface area contributed by atoms with Gasteiger partial charge in [0.2, 0.25) is 0 Å². The van der Waals surface area contributed by atoms with Crippen molar-refractivity contribution in [2.75, 3.05) is 5.32 Å². The van der Waals surface area contributed by atoms with Gasteiger partial charge in [0.25, 0.3) is 5.91 Å². The molecule has 25 heavy (non-hydrogen) atoms. The standard InChI is InChI=1S/C16H13N7O2/c1-9-17-13(20-19-9)10-4-6-11(7-5-10)18-15(24)12-3-2-8-23-14(12)21-22-16(23)25/h2-8H,1H3,(H,18,24)(H,22,25)(H,17,19,20). The topological polar surface area (TPSA) is 121 Å². The Labute approximate surface area is 140 Å². The Morgan fingerprint density at radius 3 is 2.64 bits per heavy atom. The summed E-state index contributed by atoms with van der Waals surface area (Å²) >= 11 is 0. The Morgan fingerprint density at radius 1 is 1.12 bits per heavy atom. The number of aromatic amines is 2. The number of carbonyl (C=O) groups is 1. The van der Waals surface area contributed by atoms with Crippen molar-refractivity contribution in [2.24, 2.45) is 0 Å². The number of fused-ring (bicyclic) bond motifs is 1. The molecule has 3 aromatic heterocycles. The lowest BCUT2D eigenvalue weighted by Crippen LogP contribution is -2.15. The number of anilines is 1. The highest BCUT2D eigenvalue weighted by molar-refractivity contribution is 6.08. The van der Waals surface area contributed by atoms with Gasteiger partial charge >= 0.3 is 5.69 Å². The van der Waals surface area contributed by atoms with Gasteiger partial charge in [-0.05, 0) is 43.3 Å². The molecule has 4 rings (SSSR count). The molecule has 0 bridgehead atoms. The first-order valence-corrected chi connectivity index (χ1v) is 7.48. The molecule has 9 heteroatoms. The minimum absolute atomic E-state index is 0.276. The van der Waals surface area contributed by atoms with Gasteiger partial charge in [0.05, 0.1) is 5.56 Å². The Kier molecular flexibility index (Phi) is 3.38. The zero-order valence-electron chi connectivity index (χ0n) is 13.1. The summed E-state index contributed by atoms with van der Waals surface area (Å²) < 4.78 is 1.28. The molecule has 0 spiro atoms. The number of aryl methyl sites for hydroxylation is 1. The molecule has 0 radical (unpaired) electrons. The third kappa shape index (κ3) is 2.67. The summed E-state index contributed by atoms with van der Waals surface area (Å²) in [5.74, 6) is 0.969. The lowest BCUT2D eigenvalue weighted by Gasteiger charge is -2.06. The van der Waals surface area contributed by atoms with Gasteiger partial charge in [-0.3, -0.25) is 9.89 Å². The number of carbonyl (C=O) groups excluding carboxylic acids is 1. The van der Waals surface area contributed by atoms with Crippen molar-refractivity contribution in [3.63, 3.8) is 0 Å². The van der Waals surface area contributed by atoms with Crippen LogP contribution < -0.4 is 11.0 Å². The van der Waals surface area contributed by atoms with Crippen LogP contribution in [0.2, 0.25) is 0 Å². The number of hydrogen-bond donors (Lipinski definition) is 3. The first kappa shape index (κ1) is 14.8. The van der Waals surface area contributed by atoms with Crippen LogP contribution in [0, 0.1) is 6.92 Å². The van der Waals surface area contributed by atoms with Crippen molar-refractivity contribution in [2.45, 2.75) is 6.92 Å². The number of pyridine rings is 1. The molecule has 0 aliphatic heterocycles. The fraction of sp³-hybridized carbons (Fsp3) is 0.0625. The first-order chi connectivity index (χ1) is 12.1. The Balaban J connectivity index is 1.59. The number of hydrogen-bond acceptors (Lipinski definition) is 5. The molecule has 0 fully saturated rings. The van der Waals surface area contributed by atoms with Crippen molar-refractivity contribution < 1.29 is 4.79 Å². The smallest absolute Gasteiger partial charge is 0.322 e. The van der Waals surface area contributed by atoms with Crippen LogP contribution in [0.5, 0.6) is 0 Å². The van der Waals surface area contributed by atoms with E-state index in [4.69, 9.17) is 0 Å². The van der Waals surface area contributed by atoms with Crippen molar-refractivity contribution >= 4 is 17.2 Å². The van der Waals surface area contributed by atoms with Crippen LogP contribution >= 0.6 is 0 Å². The second kappa shape index (κ2) is 5.71. The Hall–Kier alpha value is -3.75. The van der Waals surface area contributed by atoms with E-state index >= 15 is 0 Å². The van der Waals surface area contributed by atoms with Gasteiger partial charge in [-0.15, -0.1) is 0 Å². The molecule has 3 N–H and O–H groups in total. The highest BCUT2D eigenvalue weighted by Gasteiger charge is 2.13. The van der Waals surface area contributed by atoms with Crippen LogP contribution in [0.4, 0.5) is 5.69 Å². The van der Waals surface area contributed by atoms with Crippen LogP contribution in [0.3, 0.4) is 0 Å². The zero-order chi connectivity index (χ0) is 17.4. The van der Waals surface area contributed by atoms with E-state index in [0.717, 1.165) is 11.4 Å². The number of benzene rings is 1. The molecule has 0 saturated carbocycles. The molecule has 0 atom stereocenters. The third-order valence-electron chi connectivity index (χ3n) is 3.69. The summed E-state index contributed by atoms with van der Waals surface area (Å²) in [5, 5.41) is 15.9. The van der Waals surface area contributed by atoms with Crippen LogP contribution in [0.25, 0.3) is 17.0 Å². The normalized spacial score (nSPS) is 10.9. The van der Waals surface area contributed by atoms with E-state index in [1.165, 1.54) is 4.40 Å². The van der Waals surface area contributed by atoms with Gasteiger partial charge in [0.1, 0.15) is 5.82 Å². The maximum atomic E-state index is 12.5. The molecule has 0 saturated heterocycles. The zero-order valence-corrected chi connectivity index (χ0v) is 13.1. The molecule has 3 heterocycles. The van der Waals surface area contributed by atoms with Gasteiger partial charge in [-0.1, -0.05) is 0 Å². The number of rotatable bonds is 3. The van der Waals surface area contributed by atoms with E-state index in [-0.39, 0.29) is 11.6 Å². The largest absolute Gasteiger partial charge is 0.347 e. The van der Waals surface area contributed by atoms with Crippen molar-refractivity contribution in [3.05, 3.63) is 64.5 Å². The highest BCUT2D eigenvalue weighted by Crippen LogP contribution is 2.18. The van der Waals surface area contributed by atoms with Gasteiger partial charge in [0, 0.05) is 17.4 Å². The van der Waals surface area contributed by atoms with Crippen LogP contribution in [0.15, 0.2) is 47.4 Å². The van der Waals surface area contributed by atoms with Crippen LogP contribution in [0.1, 0.15) is 16.2 Å². The van der Waals surface area contributed by atoms with Gasteiger partial charge in [0.15, 0.2) is 11.5 Å². The Bertz CT molecular complexity index is 1120. The maximum absolute atomic E-state index is 12.5. The number of nitrogens with one attached hydrogen (secondary N) is 3. The maximum Gasteiger partial charge on any atom is 0.347 e. The molecule has 0 aliphatic carbocycles. The number of nitrogens with zero attached hydrogens (tertiary/aromatic N) is 4. The average Bonchev–Trinajstić information content (AvgIpc) is 3.22. The molecule has 0 aliphatic rings. The molecule has 9 nitrogen and oxygen atoms in total.